The quantitative estimate of drug-likeness (QED) is 0.840. The van der Waals surface area contributed by atoms with E-state index in [1.165, 1.54) is 25.7 Å². The van der Waals surface area contributed by atoms with E-state index in [-0.39, 0.29) is 0 Å². The monoisotopic (exact) mass is 219 g/mol. The number of aromatic hydroxyl groups is 1. The van der Waals surface area contributed by atoms with E-state index >= 15 is 0 Å². The molecule has 1 aliphatic carbocycles. The highest BCUT2D eigenvalue weighted by molar-refractivity contribution is 5.52. The van der Waals surface area contributed by atoms with Gasteiger partial charge in [0.15, 0.2) is 0 Å². The van der Waals surface area contributed by atoms with Crippen LogP contribution in [0.5, 0.6) is 5.75 Å². The van der Waals surface area contributed by atoms with Crippen LogP contribution < -0.4 is 4.90 Å². The molecule has 16 heavy (non-hydrogen) atoms. The molecule has 0 saturated heterocycles. The summed E-state index contributed by atoms with van der Waals surface area (Å²) in [5, 5.41) is 9.56. The Morgan fingerprint density at radius 2 is 1.94 bits per heavy atom. The Kier molecular flexibility index (Phi) is 3.37. The van der Waals surface area contributed by atoms with Gasteiger partial charge in [-0.1, -0.05) is 18.9 Å². The van der Waals surface area contributed by atoms with Crippen LogP contribution in [0, 0.1) is 0 Å². The van der Waals surface area contributed by atoms with Gasteiger partial charge in [-0.25, -0.2) is 0 Å². The highest BCUT2D eigenvalue weighted by Crippen LogP contribution is 2.31. The van der Waals surface area contributed by atoms with E-state index in [2.05, 4.69) is 24.8 Å². The lowest BCUT2D eigenvalue weighted by atomic mass is 10.1. The first-order valence-corrected chi connectivity index (χ1v) is 6.26. The van der Waals surface area contributed by atoms with Crippen molar-refractivity contribution >= 4 is 5.69 Å². The lowest BCUT2D eigenvalue weighted by Gasteiger charge is -2.35. The van der Waals surface area contributed by atoms with E-state index in [1.54, 1.807) is 6.07 Å². The van der Waals surface area contributed by atoms with Crippen molar-refractivity contribution in [2.24, 2.45) is 0 Å². The van der Waals surface area contributed by atoms with E-state index in [0.717, 1.165) is 5.69 Å². The van der Waals surface area contributed by atoms with Gasteiger partial charge in [0.25, 0.3) is 0 Å². The van der Waals surface area contributed by atoms with Crippen LogP contribution in [-0.2, 0) is 0 Å². The van der Waals surface area contributed by atoms with Gasteiger partial charge in [0.1, 0.15) is 5.75 Å². The lowest BCUT2D eigenvalue weighted by Crippen LogP contribution is -2.38. The second-order valence-electron chi connectivity index (χ2n) is 4.96. The SMILES string of the molecule is CC(C)N(c1cccc(O)c1)C1CCCC1. The predicted molar refractivity (Wildman–Crippen MR) is 68.0 cm³/mol. The minimum Gasteiger partial charge on any atom is -0.508 e. The maximum Gasteiger partial charge on any atom is 0.117 e. The summed E-state index contributed by atoms with van der Waals surface area (Å²) in [5.41, 5.74) is 1.15. The molecule has 2 nitrogen and oxygen atoms in total. The average Bonchev–Trinajstić information content (AvgIpc) is 2.71. The Morgan fingerprint density at radius 1 is 1.25 bits per heavy atom. The van der Waals surface area contributed by atoms with Gasteiger partial charge in [0, 0.05) is 23.8 Å². The van der Waals surface area contributed by atoms with Gasteiger partial charge in [-0.2, -0.15) is 0 Å². The zero-order valence-electron chi connectivity index (χ0n) is 10.2. The van der Waals surface area contributed by atoms with Crippen LogP contribution in [0.4, 0.5) is 5.69 Å². The first kappa shape index (κ1) is 11.3. The lowest BCUT2D eigenvalue weighted by molar-refractivity contribution is 0.474. The van der Waals surface area contributed by atoms with Gasteiger partial charge in [0.2, 0.25) is 0 Å². The standard InChI is InChI=1S/C14H21NO/c1-11(2)15(12-6-3-4-7-12)13-8-5-9-14(16)10-13/h5,8-12,16H,3-4,6-7H2,1-2H3. The van der Waals surface area contributed by atoms with Crippen molar-refractivity contribution < 1.29 is 5.11 Å². The smallest absolute Gasteiger partial charge is 0.117 e. The zero-order valence-corrected chi connectivity index (χ0v) is 10.2. The summed E-state index contributed by atoms with van der Waals surface area (Å²) >= 11 is 0. The van der Waals surface area contributed by atoms with Crippen molar-refractivity contribution in [1.82, 2.24) is 0 Å². The molecule has 0 atom stereocenters. The highest BCUT2D eigenvalue weighted by Gasteiger charge is 2.24. The zero-order chi connectivity index (χ0) is 11.5. The molecule has 1 aromatic carbocycles. The van der Waals surface area contributed by atoms with Crippen LogP contribution >= 0.6 is 0 Å². The number of anilines is 1. The molecule has 1 N–H and O–H groups in total. The predicted octanol–water partition coefficient (Wildman–Crippen LogP) is 3.55. The summed E-state index contributed by atoms with van der Waals surface area (Å²) in [6.45, 7) is 4.45. The number of rotatable bonds is 3. The van der Waals surface area contributed by atoms with Gasteiger partial charge in [-0.05, 0) is 38.8 Å². The number of hydrogen-bond donors (Lipinski definition) is 1. The Morgan fingerprint density at radius 3 is 2.50 bits per heavy atom. The van der Waals surface area contributed by atoms with Crippen molar-refractivity contribution in [2.45, 2.75) is 51.6 Å². The number of nitrogens with zero attached hydrogens (tertiary/aromatic N) is 1. The Bertz CT molecular complexity index is 342. The fourth-order valence-electron chi connectivity index (χ4n) is 2.77. The molecule has 88 valence electrons. The van der Waals surface area contributed by atoms with E-state index in [4.69, 9.17) is 0 Å². The fourth-order valence-corrected chi connectivity index (χ4v) is 2.77. The molecule has 0 amide bonds. The van der Waals surface area contributed by atoms with E-state index in [9.17, 15) is 5.11 Å². The molecular weight excluding hydrogens is 198 g/mol. The van der Waals surface area contributed by atoms with Gasteiger partial charge < -0.3 is 10.0 Å². The van der Waals surface area contributed by atoms with Crippen LogP contribution in [0.15, 0.2) is 24.3 Å². The molecule has 0 unspecified atom stereocenters. The third-order valence-corrected chi connectivity index (χ3v) is 3.40. The summed E-state index contributed by atoms with van der Waals surface area (Å²) < 4.78 is 0. The Hall–Kier alpha value is -1.18. The van der Waals surface area contributed by atoms with Crippen molar-refractivity contribution in [3.05, 3.63) is 24.3 Å². The number of benzene rings is 1. The van der Waals surface area contributed by atoms with Gasteiger partial charge in [-0.15, -0.1) is 0 Å². The molecule has 0 aromatic heterocycles. The van der Waals surface area contributed by atoms with E-state index in [1.807, 2.05) is 12.1 Å². The summed E-state index contributed by atoms with van der Waals surface area (Å²) in [5.74, 6) is 0.362. The highest BCUT2D eigenvalue weighted by atomic mass is 16.3. The number of phenols is 1. The van der Waals surface area contributed by atoms with E-state index in [0.29, 0.717) is 17.8 Å². The summed E-state index contributed by atoms with van der Waals surface area (Å²) in [4.78, 5) is 2.45. The Labute approximate surface area is 97.9 Å². The molecule has 1 aliphatic rings. The van der Waals surface area contributed by atoms with Gasteiger partial charge >= 0.3 is 0 Å². The molecule has 1 saturated carbocycles. The number of hydrogen-bond acceptors (Lipinski definition) is 2. The van der Waals surface area contributed by atoms with Crippen LogP contribution in [0.25, 0.3) is 0 Å². The van der Waals surface area contributed by atoms with Gasteiger partial charge in [-0.3, -0.25) is 0 Å². The maximum atomic E-state index is 9.56. The summed E-state index contributed by atoms with van der Waals surface area (Å²) in [6.07, 6.45) is 5.25. The van der Waals surface area contributed by atoms with Crippen molar-refractivity contribution in [3.63, 3.8) is 0 Å². The first-order valence-electron chi connectivity index (χ1n) is 6.26. The second kappa shape index (κ2) is 4.77. The molecular formula is C14H21NO. The minimum atomic E-state index is 0.362. The Balaban J connectivity index is 2.24. The van der Waals surface area contributed by atoms with Crippen LogP contribution in [0.3, 0.4) is 0 Å². The molecule has 0 spiro atoms. The second-order valence-corrected chi connectivity index (χ2v) is 4.96. The number of phenolic OH excluding ortho intramolecular Hbond substituents is 1. The first-order chi connectivity index (χ1) is 7.68. The van der Waals surface area contributed by atoms with Crippen molar-refractivity contribution in [1.29, 1.82) is 0 Å². The van der Waals surface area contributed by atoms with E-state index < -0.39 is 0 Å². The molecule has 2 heteroatoms. The minimum absolute atomic E-state index is 0.362. The molecule has 1 fully saturated rings. The summed E-state index contributed by atoms with van der Waals surface area (Å²) in [6, 6.07) is 8.77. The molecule has 2 rings (SSSR count). The van der Waals surface area contributed by atoms with Crippen LogP contribution in [0.1, 0.15) is 39.5 Å². The normalized spacial score (nSPS) is 16.9. The largest absolute Gasteiger partial charge is 0.508 e. The molecule has 1 aromatic rings. The fraction of sp³-hybridized carbons (Fsp3) is 0.571. The average molecular weight is 219 g/mol. The molecule has 0 heterocycles. The van der Waals surface area contributed by atoms with Crippen LogP contribution in [0.2, 0.25) is 0 Å². The third-order valence-electron chi connectivity index (χ3n) is 3.40. The molecule has 0 aliphatic heterocycles. The third kappa shape index (κ3) is 2.31. The summed E-state index contributed by atoms with van der Waals surface area (Å²) in [7, 11) is 0. The maximum absolute atomic E-state index is 9.56. The van der Waals surface area contributed by atoms with Crippen molar-refractivity contribution in [3.8, 4) is 5.75 Å². The van der Waals surface area contributed by atoms with Gasteiger partial charge in [0.05, 0.1) is 0 Å². The molecule has 0 radical (unpaired) electrons. The topological polar surface area (TPSA) is 23.5 Å². The van der Waals surface area contributed by atoms with Crippen molar-refractivity contribution in [2.75, 3.05) is 4.90 Å². The van der Waals surface area contributed by atoms with Crippen LogP contribution in [-0.4, -0.2) is 17.2 Å². The molecule has 0 bridgehead atoms.